The Labute approximate surface area is 117 Å². The summed E-state index contributed by atoms with van der Waals surface area (Å²) < 4.78 is 11.6. The number of Topliss-reactive ketones (excluding diaryl/α,β-unsaturated/α-hetero) is 1. The molecule has 1 atom stereocenters. The topological polar surface area (TPSA) is 35.5 Å². The second-order valence-corrected chi connectivity index (χ2v) is 7.31. The fourth-order valence-electron chi connectivity index (χ4n) is 3.70. The van der Waals surface area contributed by atoms with Crippen molar-refractivity contribution < 1.29 is 14.3 Å². The van der Waals surface area contributed by atoms with Crippen molar-refractivity contribution in [2.75, 3.05) is 6.61 Å². The summed E-state index contributed by atoms with van der Waals surface area (Å²) >= 11 is 0. The average molecular weight is 268 g/mol. The molecule has 3 heteroatoms. The van der Waals surface area contributed by atoms with E-state index < -0.39 is 0 Å². The fraction of sp³-hybridized carbons (Fsp3) is 0.938. The molecule has 0 aromatic carbocycles. The molecule has 0 aromatic rings. The number of ketones is 1. The molecule has 1 aliphatic carbocycles. The Hall–Kier alpha value is -0.410. The molecule has 19 heavy (non-hydrogen) atoms. The molecule has 2 rings (SSSR count). The van der Waals surface area contributed by atoms with Gasteiger partial charge in [-0.15, -0.1) is 0 Å². The van der Waals surface area contributed by atoms with Crippen molar-refractivity contribution in [3.05, 3.63) is 0 Å². The van der Waals surface area contributed by atoms with Gasteiger partial charge in [0.1, 0.15) is 5.78 Å². The molecule has 0 aromatic heterocycles. The maximum Gasteiger partial charge on any atom is 0.139 e. The van der Waals surface area contributed by atoms with Gasteiger partial charge in [0.2, 0.25) is 0 Å². The standard InChI is InChI=1S/C16H28O3/c1-6-18-12-7-11(8-12)9-14(17)13-10-15(2,3)19-16(13,4)5/h11-13H,6-10H2,1-5H3. The molecule has 1 heterocycles. The van der Waals surface area contributed by atoms with Crippen LogP contribution in [0.2, 0.25) is 0 Å². The Morgan fingerprint density at radius 1 is 1.26 bits per heavy atom. The van der Waals surface area contributed by atoms with E-state index in [0.717, 1.165) is 25.9 Å². The number of hydrogen-bond acceptors (Lipinski definition) is 3. The molecule has 1 saturated heterocycles. The summed E-state index contributed by atoms with van der Waals surface area (Å²) in [6, 6.07) is 0. The number of carbonyl (C=O) groups excluding carboxylic acids is 1. The van der Waals surface area contributed by atoms with Crippen LogP contribution in [-0.4, -0.2) is 29.7 Å². The van der Waals surface area contributed by atoms with Crippen molar-refractivity contribution in [3.8, 4) is 0 Å². The van der Waals surface area contributed by atoms with Crippen LogP contribution in [-0.2, 0) is 14.3 Å². The summed E-state index contributed by atoms with van der Waals surface area (Å²) in [4.78, 5) is 12.5. The van der Waals surface area contributed by atoms with E-state index >= 15 is 0 Å². The Bertz CT molecular complexity index is 340. The highest BCUT2D eigenvalue weighted by Crippen LogP contribution is 2.44. The van der Waals surface area contributed by atoms with Crippen LogP contribution in [0.4, 0.5) is 0 Å². The first kappa shape index (κ1) is 15.0. The van der Waals surface area contributed by atoms with E-state index in [-0.39, 0.29) is 17.1 Å². The maximum atomic E-state index is 12.5. The zero-order valence-corrected chi connectivity index (χ0v) is 13.0. The predicted octanol–water partition coefficient (Wildman–Crippen LogP) is 3.35. The molecule has 0 amide bonds. The summed E-state index contributed by atoms with van der Waals surface area (Å²) in [6.45, 7) is 11.1. The van der Waals surface area contributed by atoms with Crippen LogP contribution in [0.3, 0.4) is 0 Å². The Morgan fingerprint density at radius 2 is 1.89 bits per heavy atom. The van der Waals surface area contributed by atoms with E-state index in [1.165, 1.54) is 0 Å². The smallest absolute Gasteiger partial charge is 0.139 e. The molecule has 1 aliphatic heterocycles. The molecule has 0 N–H and O–H groups in total. The summed E-state index contributed by atoms with van der Waals surface area (Å²) in [5.41, 5.74) is -0.485. The largest absolute Gasteiger partial charge is 0.378 e. The molecule has 0 bridgehead atoms. The van der Waals surface area contributed by atoms with Gasteiger partial charge in [-0.25, -0.2) is 0 Å². The van der Waals surface area contributed by atoms with Crippen molar-refractivity contribution in [3.63, 3.8) is 0 Å². The summed E-state index contributed by atoms with van der Waals surface area (Å²) in [6.07, 6.45) is 4.05. The second-order valence-electron chi connectivity index (χ2n) is 7.31. The molecular formula is C16H28O3. The highest BCUT2D eigenvalue weighted by atomic mass is 16.5. The van der Waals surface area contributed by atoms with Crippen molar-refractivity contribution in [2.24, 2.45) is 11.8 Å². The van der Waals surface area contributed by atoms with Crippen molar-refractivity contribution in [2.45, 2.75) is 77.6 Å². The van der Waals surface area contributed by atoms with E-state index in [1.807, 2.05) is 20.8 Å². The van der Waals surface area contributed by atoms with Crippen LogP contribution < -0.4 is 0 Å². The van der Waals surface area contributed by atoms with Crippen molar-refractivity contribution in [1.82, 2.24) is 0 Å². The van der Waals surface area contributed by atoms with Crippen molar-refractivity contribution in [1.29, 1.82) is 0 Å². The summed E-state index contributed by atoms with van der Waals surface area (Å²) in [5.74, 6) is 0.965. The molecule has 110 valence electrons. The monoisotopic (exact) mass is 268 g/mol. The van der Waals surface area contributed by atoms with Gasteiger partial charge in [0, 0.05) is 18.9 Å². The average Bonchev–Trinajstić information content (AvgIpc) is 2.43. The second kappa shape index (κ2) is 5.17. The van der Waals surface area contributed by atoms with E-state index in [2.05, 4.69) is 13.8 Å². The molecule has 3 nitrogen and oxygen atoms in total. The van der Waals surface area contributed by atoms with E-state index in [4.69, 9.17) is 9.47 Å². The zero-order chi connectivity index (χ0) is 14.3. The maximum absolute atomic E-state index is 12.5. The quantitative estimate of drug-likeness (QED) is 0.767. The van der Waals surface area contributed by atoms with E-state index in [9.17, 15) is 4.79 Å². The van der Waals surface area contributed by atoms with Gasteiger partial charge in [-0.05, 0) is 59.8 Å². The molecule has 1 saturated carbocycles. The van der Waals surface area contributed by atoms with Gasteiger partial charge < -0.3 is 9.47 Å². The lowest BCUT2D eigenvalue weighted by atomic mass is 9.74. The number of hydrogen-bond donors (Lipinski definition) is 0. The SMILES string of the molecule is CCOC1CC(CC(=O)C2CC(C)(C)OC2(C)C)C1. The molecule has 0 spiro atoms. The minimum absolute atomic E-state index is 0.0497. The molecular weight excluding hydrogens is 240 g/mol. The Kier molecular flexibility index (Phi) is 4.08. The third-order valence-electron chi connectivity index (χ3n) is 4.55. The van der Waals surface area contributed by atoms with Crippen LogP contribution in [0.1, 0.15) is 60.3 Å². The highest BCUT2D eigenvalue weighted by molar-refractivity contribution is 5.83. The lowest BCUT2D eigenvalue weighted by molar-refractivity contribution is -0.132. The van der Waals surface area contributed by atoms with Gasteiger partial charge in [-0.3, -0.25) is 4.79 Å². The first-order valence-corrected chi connectivity index (χ1v) is 7.58. The minimum atomic E-state index is -0.316. The van der Waals surface area contributed by atoms with E-state index in [1.54, 1.807) is 0 Å². The van der Waals surface area contributed by atoms with E-state index in [0.29, 0.717) is 24.2 Å². The van der Waals surface area contributed by atoms with Crippen LogP contribution in [0.5, 0.6) is 0 Å². The normalized spacial score (nSPS) is 35.9. The molecule has 2 fully saturated rings. The van der Waals surface area contributed by atoms with Crippen LogP contribution >= 0.6 is 0 Å². The van der Waals surface area contributed by atoms with Crippen LogP contribution in [0.25, 0.3) is 0 Å². The lowest BCUT2D eigenvalue weighted by Crippen LogP contribution is -2.38. The third kappa shape index (κ3) is 3.38. The van der Waals surface area contributed by atoms with Crippen LogP contribution in [0.15, 0.2) is 0 Å². The number of ether oxygens (including phenoxy) is 2. The Morgan fingerprint density at radius 3 is 2.37 bits per heavy atom. The summed E-state index contributed by atoms with van der Waals surface area (Å²) in [7, 11) is 0. The van der Waals surface area contributed by atoms with Gasteiger partial charge in [0.25, 0.3) is 0 Å². The summed E-state index contributed by atoms with van der Waals surface area (Å²) in [5, 5.41) is 0. The van der Waals surface area contributed by atoms with Gasteiger partial charge in [0.15, 0.2) is 0 Å². The highest BCUT2D eigenvalue weighted by Gasteiger charge is 2.49. The van der Waals surface area contributed by atoms with Crippen molar-refractivity contribution >= 4 is 5.78 Å². The Balaban J connectivity index is 1.84. The minimum Gasteiger partial charge on any atom is -0.378 e. The molecule has 1 unspecified atom stereocenters. The lowest BCUT2D eigenvalue weighted by Gasteiger charge is -2.35. The predicted molar refractivity (Wildman–Crippen MR) is 75.1 cm³/mol. The molecule has 2 aliphatic rings. The van der Waals surface area contributed by atoms with Gasteiger partial charge in [0.05, 0.1) is 17.3 Å². The first-order valence-electron chi connectivity index (χ1n) is 7.58. The van der Waals surface area contributed by atoms with Gasteiger partial charge in [-0.2, -0.15) is 0 Å². The third-order valence-corrected chi connectivity index (χ3v) is 4.55. The van der Waals surface area contributed by atoms with Gasteiger partial charge in [-0.1, -0.05) is 0 Å². The van der Waals surface area contributed by atoms with Crippen LogP contribution in [0, 0.1) is 11.8 Å². The fourth-order valence-corrected chi connectivity index (χ4v) is 3.70. The number of carbonyl (C=O) groups is 1. The molecule has 0 radical (unpaired) electrons. The van der Waals surface area contributed by atoms with Gasteiger partial charge >= 0.3 is 0 Å². The zero-order valence-electron chi connectivity index (χ0n) is 13.0. The first-order chi connectivity index (χ1) is 8.73. The number of rotatable bonds is 5.